The number of aromatic hydroxyl groups is 1. The fourth-order valence-electron chi connectivity index (χ4n) is 3.53. The van der Waals surface area contributed by atoms with Gasteiger partial charge in [-0.15, -0.1) is 0 Å². The molecule has 2 aromatic rings. The number of rotatable bonds is 4. The number of phenolic OH excluding ortho intramolecular Hbond substituents is 1. The molecule has 4 rings (SSSR count). The minimum atomic E-state index is -0.742. The van der Waals surface area contributed by atoms with Crippen molar-refractivity contribution in [3.63, 3.8) is 0 Å². The van der Waals surface area contributed by atoms with E-state index in [2.05, 4.69) is 0 Å². The smallest absolute Gasteiger partial charge is 0.311 e. The topological polar surface area (TPSA) is 121 Å². The molecule has 31 heavy (non-hydrogen) atoms. The molecule has 0 saturated carbocycles. The number of hydrogen-bond acceptors (Lipinski definition) is 7. The van der Waals surface area contributed by atoms with Gasteiger partial charge in [-0.3, -0.25) is 29.4 Å². The normalized spacial score (nSPS) is 17.2. The van der Waals surface area contributed by atoms with Crippen molar-refractivity contribution in [1.82, 2.24) is 9.80 Å². The molecule has 0 unspecified atom stereocenters. The molecule has 0 aliphatic carbocycles. The number of para-hydroxylation sites is 1. The van der Waals surface area contributed by atoms with Crippen LogP contribution in [-0.2, 0) is 22.6 Å². The fourth-order valence-corrected chi connectivity index (χ4v) is 4.36. The number of benzene rings is 2. The molecule has 1 saturated heterocycles. The molecule has 158 valence electrons. The highest BCUT2D eigenvalue weighted by Gasteiger charge is 2.37. The lowest BCUT2D eigenvalue weighted by Gasteiger charge is -2.29. The Hall–Kier alpha value is -3.66. The van der Waals surface area contributed by atoms with Crippen molar-refractivity contribution in [2.75, 3.05) is 13.1 Å². The van der Waals surface area contributed by atoms with Crippen LogP contribution in [0.15, 0.2) is 47.4 Å². The number of nitrogens with zero attached hydrogens (tertiary/aromatic N) is 3. The van der Waals surface area contributed by atoms with Crippen LogP contribution in [0.1, 0.15) is 16.7 Å². The van der Waals surface area contributed by atoms with Crippen LogP contribution in [-0.4, -0.2) is 50.0 Å². The quantitative estimate of drug-likeness (QED) is 0.442. The van der Waals surface area contributed by atoms with Gasteiger partial charge in [0.1, 0.15) is 6.54 Å². The Bertz CT molecular complexity index is 1150. The number of fused-ring (bicyclic) bond motifs is 1. The molecular weight excluding hydrogens is 422 g/mol. The van der Waals surface area contributed by atoms with Gasteiger partial charge >= 0.3 is 5.69 Å². The lowest BCUT2D eigenvalue weighted by atomic mass is 10.00. The zero-order valence-electron chi connectivity index (χ0n) is 16.2. The van der Waals surface area contributed by atoms with E-state index < -0.39 is 27.5 Å². The Balaban J connectivity index is 1.49. The maximum atomic E-state index is 12.7. The van der Waals surface area contributed by atoms with Crippen molar-refractivity contribution in [3.05, 3.63) is 74.2 Å². The molecule has 2 heterocycles. The molecule has 0 aromatic heterocycles. The van der Waals surface area contributed by atoms with Crippen molar-refractivity contribution in [1.29, 1.82) is 0 Å². The number of amides is 3. The predicted molar refractivity (Wildman–Crippen MR) is 113 cm³/mol. The molecule has 2 aromatic carbocycles. The van der Waals surface area contributed by atoms with Gasteiger partial charge in [0.15, 0.2) is 0 Å². The van der Waals surface area contributed by atoms with Crippen LogP contribution in [0.3, 0.4) is 0 Å². The molecular formula is C21H17N3O6S. The summed E-state index contributed by atoms with van der Waals surface area (Å²) >= 11 is 0.624. The monoisotopic (exact) mass is 439 g/mol. The van der Waals surface area contributed by atoms with E-state index in [0.717, 1.165) is 16.5 Å². The Labute approximate surface area is 181 Å². The minimum Gasteiger partial charge on any atom is -0.502 e. The summed E-state index contributed by atoms with van der Waals surface area (Å²) in [6.07, 6.45) is 1.92. The third kappa shape index (κ3) is 4.02. The van der Waals surface area contributed by atoms with E-state index >= 15 is 0 Å². The summed E-state index contributed by atoms with van der Waals surface area (Å²) in [6, 6.07) is 11.7. The van der Waals surface area contributed by atoms with E-state index in [1.165, 1.54) is 23.8 Å². The first-order valence-corrected chi connectivity index (χ1v) is 10.2. The third-order valence-electron chi connectivity index (χ3n) is 5.18. The van der Waals surface area contributed by atoms with Gasteiger partial charge in [0, 0.05) is 24.7 Å². The summed E-state index contributed by atoms with van der Waals surface area (Å²) in [7, 11) is 0. The lowest BCUT2D eigenvalue weighted by Crippen LogP contribution is -2.44. The molecule has 10 heteroatoms. The first-order valence-electron chi connectivity index (χ1n) is 9.41. The summed E-state index contributed by atoms with van der Waals surface area (Å²) in [5.74, 6) is -1.61. The van der Waals surface area contributed by atoms with Gasteiger partial charge in [0.25, 0.3) is 11.1 Å². The molecule has 0 bridgehead atoms. The first kappa shape index (κ1) is 20.6. The highest BCUT2D eigenvalue weighted by molar-refractivity contribution is 8.18. The molecule has 2 aliphatic rings. The van der Waals surface area contributed by atoms with Crippen LogP contribution in [0.25, 0.3) is 6.08 Å². The highest BCUT2D eigenvalue weighted by atomic mass is 32.2. The second kappa shape index (κ2) is 8.23. The van der Waals surface area contributed by atoms with Crippen molar-refractivity contribution in [2.45, 2.75) is 13.0 Å². The second-order valence-electron chi connectivity index (χ2n) is 7.07. The average Bonchev–Trinajstić information content (AvgIpc) is 3.02. The second-order valence-corrected chi connectivity index (χ2v) is 8.07. The third-order valence-corrected chi connectivity index (χ3v) is 6.09. The van der Waals surface area contributed by atoms with Crippen LogP contribution in [0.2, 0.25) is 0 Å². The van der Waals surface area contributed by atoms with E-state index in [1.807, 2.05) is 24.3 Å². The molecule has 1 N–H and O–H groups in total. The summed E-state index contributed by atoms with van der Waals surface area (Å²) in [5.41, 5.74) is 1.75. The number of nitro groups is 1. The van der Waals surface area contributed by atoms with E-state index in [4.69, 9.17) is 0 Å². The molecule has 1 fully saturated rings. The van der Waals surface area contributed by atoms with Crippen LogP contribution < -0.4 is 0 Å². The van der Waals surface area contributed by atoms with E-state index in [9.17, 15) is 29.6 Å². The van der Waals surface area contributed by atoms with Gasteiger partial charge in [-0.1, -0.05) is 36.4 Å². The Morgan fingerprint density at radius 3 is 2.65 bits per heavy atom. The van der Waals surface area contributed by atoms with E-state index in [1.54, 1.807) is 4.90 Å². The predicted octanol–water partition coefficient (Wildman–Crippen LogP) is 2.92. The molecule has 0 atom stereocenters. The number of imide groups is 1. The average molecular weight is 439 g/mol. The number of phenols is 1. The molecule has 9 nitrogen and oxygen atoms in total. The Kier molecular flexibility index (Phi) is 5.47. The Morgan fingerprint density at radius 2 is 1.90 bits per heavy atom. The highest BCUT2D eigenvalue weighted by Crippen LogP contribution is 2.36. The first-order chi connectivity index (χ1) is 14.8. The van der Waals surface area contributed by atoms with Crippen molar-refractivity contribution in [3.8, 4) is 5.75 Å². The number of carbonyl (C=O) groups is 3. The van der Waals surface area contributed by atoms with Gasteiger partial charge in [0.05, 0.1) is 9.83 Å². The minimum absolute atomic E-state index is 0.0161. The van der Waals surface area contributed by atoms with E-state index in [0.29, 0.717) is 31.3 Å². The Morgan fingerprint density at radius 1 is 1.16 bits per heavy atom. The standard InChI is InChI=1S/C21H17N3O6S/c25-18(22-9-8-13-4-1-2-5-15(13)11-22)12-23-20(27)17(31-21(23)28)10-14-6-3-7-16(19(14)26)24(29)30/h1-7,10,26H,8-9,11-12H2. The maximum absolute atomic E-state index is 12.7. The van der Waals surface area contributed by atoms with Crippen LogP contribution in [0, 0.1) is 10.1 Å². The van der Waals surface area contributed by atoms with Gasteiger partial charge < -0.3 is 10.0 Å². The van der Waals surface area contributed by atoms with E-state index in [-0.39, 0.29) is 22.9 Å². The molecule has 0 spiro atoms. The molecule has 0 radical (unpaired) electrons. The van der Waals surface area contributed by atoms with Crippen molar-refractivity contribution >= 4 is 40.6 Å². The lowest BCUT2D eigenvalue weighted by molar-refractivity contribution is -0.385. The molecule has 2 aliphatic heterocycles. The summed E-state index contributed by atoms with van der Waals surface area (Å²) in [6.45, 7) is 0.539. The van der Waals surface area contributed by atoms with Crippen LogP contribution >= 0.6 is 11.8 Å². The summed E-state index contributed by atoms with van der Waals surface area (Å²) in [4.78, 5) is 50.5. The maximum Gasteiger partial charge on any atom is 0.311 e. The number of thioether (sulfide) groups is 1. The van der Waals surface area contributed by atoms with Gasteiger partial charge in [-0.05, 0) is 35.4 Å². The summed E-state index contributed by atoms with van der Waals surface area (Å²) < 4.78 is 0. The molecule has 3 amide bonds. The largest absolute Gasteiger partial charge is 0.502 e. The zero-order chi connectivity index (χ0) is 22.1. The van der Waals surface area contributed by atoms with Crippen molar-refractivity contribution < 1.29 is 24.4 Å². The van der Waals surface area contributed by atoms with Gasteiger partial charge in [0.2, 0.25) is 11.7 Å². The van der Waals surface area contributed by atoms with Crippen LogP contribution in [0.5, 0.6) is 5.75 Å². The number of nitro benzene ring substituents is 1. The number of hydrogen-bond donors (Lipinski definition) is 1. The van der Waals surface area contributed by atoms with Gasteiger partial charge in [-0.25, -0.2) is 0 Å². The SMILES string of the molecule is O=C(CN1C(=O)SC(=Cc2cccc([N+](=O)[O-])c2O)C1=O)N1CCc2ccccc2C1. The fraction of sp³-hybridized carbons (Fsp3) is 0.190. The zero-order valence-corrected chi connectivity index (χ0v) is 17.0. The van der Waals surface area contributed by atoms with Crippen LogP contribution in [0.4, 0.5) is 10.5 Å². The number of carbonyl (C=O) groups excluding carboxylic acids is 3. The van der Waals surface area contributed by atoms with Gasteiger partial charge in [-0.2, -0.15) is 0 Å². The summed E-state index contributed by atoms with van der Waals surface area (Å²) in [5, 5.41) is 20.4. The van der Waals surface area contributed by atoms with Crippen molar-refractivity contribution in [2.24, 2.45) is 0 Å².